The third-order valence-electron chi connectivity index (χ3n) is 5.91. The van der Waals surface area contributed by atoms with Crippen LogP contribution in [0.5, 0.6) is 0 Å². The molecule has 0 radical (unpaired) electrons. The van der Waals surface area contributed by atoms with Gasteiger partial charge in [-0.15, -0.1) is 0 Å². The predicted octanol–water partition coefficient (Wildman–Crippen LogP) is 3.26. The number of likely N-dealkylation sites (tertiary alicyclic amines) is 2. The number of carbonyl (C=O) groups excluding carboxylic acids is 1. The zero-order valence-corrected chi connectivity index (χ0v) is 17.3. The number of nitrogens with zero attached hydrogens (tertiary/aromatic N) is 4. The monoisotopic (exact) mass is 396 g/mol. The van der Waals surface area contributed by atoms with E-state index in [2.05, 4.69) is 51.0 Å². The number of hydrogen-bond donors (Lipinski definition) is 0. The van der Waals surface area contributed by atoms with E-state index in [-0.39, 0.29) is 5.41 Å². The van der Waals surface area contributed by atoms with Gasteiger partial charge < -0.3 is 4.90 Å². The molecule has 2 aliphatic rings. The van der Waals surface area contributed by atoms with Crippen molar-refractivity contribution in [1.82, 2.24) is 19.8 Å². The summed E-state index contributed by atoms with van der Waals surface area (Å²) in [6.07, 6.45) is 6.75. The van der Waals surface area contributed by atoms with Crippen LogP contribution in [0.25, 0.3) is 0 Å². The molecule has 0 saturated carbocycles. The Bertz CT molecular complexity index is 798. The van der Waals surface area contributed by atoms with Crippen LogP contribution in [0.3, 0.4) is 0 Å². The highest BCUT2D eigenvalue weighted by Gasteiger charge is 2.50. The highest BCUT2D eigenvalue weighted by molar-refractivity contribution is 7.99. The van der Waals surface area contributed by atoms with Crippen molar-refractivity contribution in [2.75, 3.05) is 31.9 Å². The summed E-state index contributed by atoms with van der Waals surface area (Å²) in [7, 11) is 0. The average Bonchev–Trinajstić information content (AvgIpc) is 3.27. The number of amides is 1. The molecule has 1 unspecified atom stereocenters. The molecule has 3 heterocycles. The minimum Gasteiger partial charge on any atom is -0.342 e. The van der Waals surface area contributed by atoms with Crippen LogP contribution in [0.2, 0.25) is 0 Å². The van der Waals surface area contributed by atoms with Gasteiger partial charge in [-0.3, -0.25) is 9.69 Å². The Kier molecular flexibility index (Phi) is 5.97. The van der Waals surface area contributed by atoms with Gasteiger partial charge in [-0.1, -0.05) is 49.0 Å². The van der Waals surface area contributed by atoms with E-state index in [0.29, 0.717) is 5.91 Å². The lowest BCUT2D eigenvalue weighted by molar-refractivity contribution is -0.135. The molecule has 0 bridgehead atoms. The fraction of sp³-hybridized carbons (Fsp3) is 0.500. The van der Waals surface area contributed by atoms with Gasteiger partial charge in [0.25, 0.3) is 0 Å². The van der Waals surface area contributed by atoms with E-state index in [1.807, 2.05) is 18.5 Å². The second kappa shape index (κ2) is 8.62. The van der Waals surface area contributed by atoms with Crippen molar-refractivity contribution in [1.29, 1.82) is 0 Å². The summed E-state index contributed by atoms with van der Waals surface area (Å²) in [4.78, 5) is 26.5. The molecule has 2 aromatic rings. The minimum atomic E-state index is -0.171. The second-order valence-corrected chi connectivity index (χ2v) is 9.06. The summed E-state index contributed by atoms with van der Waals surface area (Å²) in [6, 6.07) is 10.4. The molecule has 28 heavy (non-hydrogen) atoms. The topological polar surface area (TPSA) is 49.3 Å². The molecule has 1 aromatic carbocycles. The maximum atomic E-state index is 13.1. The predicted molar refractivity (Wildman–Crippen MR) is 112 cm³/mol. The van der Waals surface area contributed by atoms with Crippen LogP contribution in [0.15, 0.2) is 47.9 Å². The fourth-order valence-electron chi connectivity index (χ4n) is 4.37. The van der Waals surface area contributed by atoms with Crippen molar-refractivity contribution < 1.29 is 4.79 Å². The Morgan fingerprint density at radius 3 is 2.57 bits per heavy atom. The third-order valence-corrected chi connectivity index (χ3v) is 6.67. The van der Waals surface area contributed by atoms with Crippen molar-refractivity contribution in [2.45, 2.75) is 37.9 Å². The molecule has 1 aromatic heterocycles. The maximum Gasteiger partial charge on any atom is 0.230 e. The van der Waals surface area contributed by atoms with Gasteiger partial charge in [-0.2, -0.15) is 0 Å². The molecule has 2 saturated heterocycles. The van der Waals surface area contributed by atoms with Gasteiger partial charge >= 0.3 is 0 Å². The number of benzene rings is 1. The highest BCUT2D eigenvalue weighted by Crippen LogP contribution is 2.41. The van der Waals surface area contributed by atoms with Crippen LogP contribution in [0, 0.1) is 5.41 Å². The summed E-state index contributed by atoms with van der Waals surface area (Å²) in [5, 5.41) is 0.837. The van der Waals surface area contributed by atoms with Crippen LogP contribution >= 0.6 is 11.8 Å². The first-order chi connectivity index (χ1) is 13.7. The van der Waals surface area contributed by atoms with E-state index in [9.17, 15) is 4.79 Å². The molecule has 1 amide bonds. The first kappa shape index (κ1) is 19.4. The standard InChI is InChI=1S/C22H28N4OS/c1-2-28-21-23-14-19(15-24-21)16-25-12-9-22(17-25)10-13-26(20(22)27)11-8-18-6-4-3-5-7-18/h3-7,14-15H,2,8-13,16-17H2,1H3. The van der Waals surface area contributed by atoms with Gasteiger partial charge in [0.05, 0.1) is 5.41 Å². The average molecular weight is 397 g/mol. The Hall–Kier alpha value is -1.92. The summed E-state index contributed by atoms with van der Waals surface area (Å²) < 4.78 is 0. The second-order valence-electron chi connectivity index (χ2n) is 7.83. The van der Waals surface area contributed by atoms with E-state index in [0.717, 1.165) is 68.5 Å². The summed E-state index contributed by atoms with van der Waals surface area (Å²) in [5.74, 6) is 1.34. The van der Waals surface area contributed by atoms with Crippen molar-refractivity contribution in [3.8, 4) is 0 Å². The third kappa shape index (κ3) is 4.23. The van der Waals surface area contributed by atoms with Crippen LogP contribution in [0.1, 0.15) is 30.9 Å². The molecule has 2 fully saturated rings. The quantitative estimate of drug-likeness (QED) is 0.531. The van der Waals surface area contributed by atoms with Crippen LogP contribution < -0.4 is 0 Å². The Labute approximate surface area is 171 Å². The lowest BCUT2D eigenvalue weighted by Crippen LogP contribution is -2.37. The molecule has 0 aliphatic carbocycles. The number of hydrogen-bond acceptors (Lipinski definition) is 5. The normalized spacial score (nSPS) is 22.5. The van der Waals surface area contributed by atoms with Crippen LogP contribution in [-0.4, -0.2) is 57.6 Å². The lowest BCUT2D eigenvalue weighted by atomic mass is 9.85. The Morgan fingerprint density at radius 1 is 1.07 bits per heavy atom. The summed E-state index contributed by atoms with van der Waals surface area (Å²) in [6.45, 7) is 6.49. The summed E-state index contributed by atoms with van der Waals surface area (Å²) in [5.41, 5.74) is 2.26. The van der Waals surface area contributed by atoms with Crippen LogP contribution in [0.4, 0.5) is 0 Å². The van der Waals surface area contributed by atoms with E-state index < -0.39 is 0 Å². The molecule has 5 nitrogen and oxygen atoms in total. The molecular weight excluding hydrogens is 368 g/mol. The fourth-order valence-corrected chi connectivity index (χ4v) is 4.89. The van der Waals surface area contributed by atoms with Crippen molar-refractivity contribution in [2.24, 2.45) is 5.41 Å². The molecule has 1 spiro atoms. The van der Waals surface area contributed by atoms with E-state index >= 15 is 0 Å². The van der Waals surface area contributed by atoms with Gasteiger partial charge in [0.1, 0.15) is 0 Å². The van der Waals surface area contributed by atoms with E-state index in [4.69, 9.17) is 0 Å². The molecule has 148 valence electrons. The van der Waals surface area contributed by atoms with E-state index in [1.54, 1.807) is 11.8 Å². The van der Waals surface area contributed by atoms with Crippen molar-refractivity contribution in [3.63, 3.8) is 0 Å². The van der Waals surface area contributed by atoms with Crippen molar-refractivity contribution in [3.05, 3.63) is 53.9 Å². The number of aromatic nitrogens is 2. The number of rotatable bonds is 7. The molecular formula is C22H28N4OS. The van der Waals surface area contributed by atoms with Gasteiger partial charge in [0, 0.05) is 44.1 Å². The first-order valence-electron chi connectivity index (χ1n) is 10.2. The van der Waals surface area contributed by atoms with Gasteiger partial charge in [0.2, 0.25) is 5.91 Å². The molecule has 6 heteroatoms. The molecule has 0 N–H and O–H groups in total. The van der Waals surface area contributed by atoms with Crippen molar-refractivity contribution >= 4 is 17.7 Å². The molecule has 4 rings (SSSR count). The smallest absolute Gasteiger partial charge is 0.230 e. The van der Waals surface area contributed by atoms with Gasteiger partial charge in [-0.25, -0.2) is 9.97 Å². The molecule has 2 aliphatic heterocycles. The first-order valence-corrected chi connectivity index (χ1v) is 11.2. The molecule has 1 atom stereocenters. The van der Waals surface area contributed by atoms with E-state index in [1.165, 1.54) is 5.56 Å². The zero-order chi connectivity index (χ0) is 19.4. The number of thioether (sulfide) groups is 1. The van der Waals surface area contributed by atoms with Gasteiger partial charge in [-0.05, 0) is 37.1 Å². The Balaban J connectivity index is 1.32. The van der Waals surface area contributed by atoms with Crippen LogP contribution in [-0.2, 0) is 17.8 Å². The zero-order valence-electron chi connectivity index (χ0n) is 16.5. The largest absolute Gasteiger partial charge is 0.342 e. The SMILES string of the molecule is CCSc1ncc(CN2CCC3(CCN(CCc4ccccc4)C3=O)C2)cn1. The summed E-state index contributed by atoms with van der Waals surface area (Å²) >= 11 is 1.66. The highest BCUT2D eigenvalue weighted by atomic mass is 32.2. The Morgan fingerprint density at radius 2 is 1.82 bits per heavy atom. The van der Waals surface area contributed by atoms with Gasteiger partial charge in [0.15, 0.2) is 5.16 Å². The minimum absolute atomic E-state index is 0.171. The lowest BCUT2D eigenvalue weighted by Gasteiger charge is -2.24. The number of carbonyl (C=O) groups is 1. The maximum absolute atomic E-state index is 13.1.